The molecule has 0 aliphatic heterocycles. The van der Waals surface area contributed by atoms with E-state index >= 15 is 0 Å². The molecule has 2 rings (SSSR count). The Balaban J connectivity index is 2.08. The highest BCUT2D eigenvalue weighted by molar-refractivity contribution is 9.10. The Bertz CT molecular complexity index is 569. The van der Waals surface area contributed by atoms with Gasteiger partial charge in [-0.05, 0) is 34.1 Å². The smallest absolute Gasteiger partial charge is 0.151 e. The van der Waals surface area contributed by atoms with Gasteiger partial charge in [0.05, 0.1) is 12.1 Å². The fourth-order valence-corrected chi connectivity index (χ4v) is 1.83. The summed E-state index contributed by atoms with van der Waals surface area (Å²) in [6.07, 6.45) is 1.66. The maximum Gasteiger partial charge on any atom is 0.151 e. The molecular formula is C11H10BrN5. The van der Waals surface area contributed by atoms with Crippen molar-refractivity contribution in [3.8, 4) is 6.07 Å². The average Bonchev–Trinajstić information content (AvgIpc) is 2.72. The molecule has 1 heterocycles. The van der Waals surface area contributed by atoms with Crippen molar-refractivity contribution >= 4 is 21.6 Å². The van der Waals surface area contributed by atoms with Gasteiger partial charge in [-0.2, -0.15) is 5.26 Å². The summed E-state index contributed by atoms with van der Waals surface area (Å²) in [5, 5.41) is 19.8. The maximum absolute atomic E-state index is 8.80. The lowest BCUT2D eigenvalue weighted by molar-refractivity contribution is 0.812. The summed E-state index contributed by atoms with van der Waals surface area (Å²) < 4.78 is 2.63. The molecule has 1 aromatic carbocycles. The highest BCUT2D eigenvalue weighted by Crippen LogP contribution is 2.21. The van der Waals surface area contributed by atoms with E-state index in [0.29, 0.717) is 12.1 Å². The standard InChI is InChI=1S/C11H10BrN5/c1-17-7-15-16-11(17)6-14-9-3-2-8(5-13)10(12)4-9/h2-4,7,14H,6H2,1H3. The van der Waals surface area contributed by atoms with Gasteiger partial charge < -0.3 is 9.88 Å². The van der Waals surface area contributed by atoms with Crippen molar-refractivity contribution in [2.24, 2.45) is 7.05 Å². The maximum atomic E-state index is 8.80. The Labute approximate surface area is 107 Å². The Hall–Kier alpha value is -1.87. The van der Waals surface area contributed by atoms with Gasteiger partial charge in [0.1, 0.15) is 12.4 Å². The van der Waals surface area contributed by atoms with E-state index in [1.165, 1.54) is 0 Å². The zero-order valence-electron chi connectivity index (χ0n) is 9.18. The molecule has 17 heavy (non-hydrogen) atoms. The van der Waals surface area contributed by atoms with E-state index in [1.54, 1.807) is 12.4 Å². The van der Waals surface area contributed by atoms with Crippen molar-refractivity contribution < 1.29 is 0 Å². The fraction of sp³-hybridized carbons (Fsp3) is 0.182. The Kier molecular flexibility index (Phi) is 3.40. The van der Waals surface area contributed by atoms with Gasteiger partial charge in [0.25, 0.3) is 0 Å². The molecule has 5 nitrogen and oxygen atoms in total. The van der Waals surface area contributed by atoms with Crippen LogP contribution in [0.25, 0.3) is 0 Å². The van der Waals surface area contributed by atoms with Gasteiger partial charge in [-0.25, -0.2) is 0 Å². The van der Waals surface area contributed by atoms with E-state index < -0.39 is 0 Å². The van der Waals surface area contributed by atoms with Crippen LogP contribution in [0.1, 0.15) is 11.4 Å². The summed E-state index contributed by atoms with van der Waals surface area (Å²) in [5.74, 6) is 0.852. The van der Waals surface area contributed by atoms with Gasteiger partial charge in [0, 0.05) is 17.2 Å². The minimum Gasteiger partial charge on any atom is -0.378 e. The van der Waals surface area contributed by atoms with Crippen molar-refractivity contribution in [2.45, 2.75) is 6.54 Å². The Morgan fingerprint density at radius 2 is 2.35 bits per heavy atom. The number of nitrogens with one attached hydrogen (secondary N) is 1. The second kappa shape index (κ2) is 4.97. The molecule has 0 aliphatic carbocycles. The SMILES string of the molecule is Cn1cnnc1CNc1ccc(C#N)c(Br)c1. The lowest BCUT2D eigenvalue weighted by Crippen LogP contribution is -2.05. The second-order valence-corrected chi connectivity index (χ2v) is 4.37. The van der Waals surface area contributed by atoms with Crippen LogP contribution in [-0.4, -0.2) is 14.8 Å². The lowest BCUT2D eigenvalue weighted by Gasteiger charge is -2.06. The quantitative estimate of drug-likeness (QED) is 0.940. The average molecular weight is 292 g/mol. The molecule has 0 saturated carbocycles. The molecule has 1 aromatic heterocycles. The third-order valence-corrected chi connectivity index (χ3v) is 3.00. The van der Waals surface area contributed by atoms with Gasteiger partial charge in [-0.3, -0.25) is 0 Å². The molecule has 0 amide bonds. The minimum absolute atomic E-state index is 0.592. The first kappa shape index (κ1) is 11.6. The molecule has 6 heteroatoms. The molecule has 0 aliphatic rings. The largest absolute Gasteiger partial charge is 0.378 e. The molecule has 0 unspecified atom stereocenters. The van der Waals surface area contributed by atoms with E-state index in [4.69, 9.17) is 5.26 Å². The van der Waals surface area contributed by atoms with E-state index in [2.05, 4.69) is 37.5 Å². The Morgan fingerprint density at radius 1 is 1.53 bits per heavy atom. The van der Waals surface area contributed by atoms with Crippen LogP contribution in [0.15, 0.2) is 29.0 Å². The topological polar surface area (TPSA) is 66.5 Å². The Morgan fingerprint density at radius 3 is 2.94 bits per heavy atom. The first-order valence-electron chi connectivity index (χ1n) is 4.97. The van der Waals surface area contributed by atoms with Crippen LogP contribution >= 0.6 is 15.9 Å². The van der Waals surface area contributed by atoms with Crippen molar-refractivity contribution in [2.75, 3.05) is 5.32 Å². The minimum atomic E-state index is 0.592. The molecule has 1 N–H and O–H groups in total. The number of hydrogen-bond acceptors (Lipinski definition) is 4. The zero-order chi connectivity index (χ0) is 12.3. The summed E-state index contributed by atoms with van der Waals surface area (Å²) in [4.78, 5) is 0. The van der Waals surface area contributed by atoms with Crippen LogP contribution in [0.5, 0.6) is 0 Å². The van der Waals surface area contributed by atoms with Crippen LogP contribution in [0.2, 0.25) is 0 Å². The molecule has 0 spiro atoms. The number of rotatable bonds is 3. The summed E-state index contributed by atoms with van der Waals surface area (Å²) in [6.45, 7) is 0.592. The summed E-state index contributed by atoms with van der Waals surface area (Å²) in [6, 6.07) is 7.60. The number of halogens is 1. The number of nitriles is 1. The fourth-order valence-electron chi connectivity index (χ4n) is 1.36. The number of hydrogen-bond donors (Lipinski definition) is 1. The third kappa shape index (κ3) is 2.63. The van der Waals surface area contributed by atoms with Crippen LogP contribution in [-0.2, 0) is 13.6 Å². The van der Waals surface area contributed by atoms with Gasteiger partial charge in [0.15, 0.2) is 5.82 Å². The van der Waals surface area contributed by atoms with Crippen molar-refractivity contribution in [1.29, 1.82) is 5.26 Å². The molecule has 86 valence electrons. The summed E-state index contributed by atoms with van der Waals surface area (Å²) in [7, 11) is 1.89. The van der Waals surface area contributed by atoms with E-state index in [-0.39, 0.29) is 0 Å². The van der Waals surface area contributed by atoms with Crippen molar-refractivity contribution in [3.05, 3.63) is 40.4 Å². The molecular weight excluding hydrogens is 282 g/mol. The van der Waals surface area contributed by atoms with E-state index in [1.807, 2.05) is 23.7 Å². The highest BCUT2D eigenvalue weighted by Gasteiger charge is 2.02. The van der Waals surface area contributed by atoms with E-state index in [0.717, 1.165) is 16.0 Å². The molecule has 0 saturated heterocycles. The molecule has 0 atom stereocenters. The van der Waals surface area contributed by atoms with Crippen molar-refractivity contribution in [3.63, 3.8) is 0 Å². The number of aryl methyl sites for hydroxylation is 1. The van der Waals surface area contributed by atoms with Crippen LogP contribution < -0.4 is 5.32 Å². The van der Waals surface area contributed by atoms with E-state index in [9.17, 15) is 0 Å². The van der Waals surface area contributed by atoms with Gasteiger partial charge in [0.2, 0.25) is 0 Å². The molecule has 0 fully saturated rings. The number of nitrogens with zero attached hydrogens (tertiary/aromatic N) is 4. The van der Waals surface area contributed by atoms with Crippen molar-refractivity contribution in [1.82, 2.24) is 14.8 Å². The zero-order valence-corrected chi connectivity index (χ0v) is 10.8. The molecule has 2 aromatic rings. The second-order valence-electron chi connectivity index (χ2n) is 3.52. The summed E-state index contributed by atoms with van der Waals surface area (Å²) >= 11 is 3.34. The first-order valence-corrected chi connectivity index (χ1v) is 5.76. The molecule has 0 bridgehead atoms. The monoisotopic (exact) mass is 291 g/mol. The third-order valence-electron chi connectivity index (χ3n) is 2.35. The normalized spacial score (nSPS) is 9.94. The predicted octanol–water partition coefficient (Wildman–Crippen LogP) is 2.06. The van der Waals surface area contributed by atoms with Crippen LogP contribution in [0.3, 0.4) is 0 Å². The van der Waals surface area contributed by atoms with Gasteiger partial charge in [-0.15, -0.1) is 10.2 Å². The van der Waals surface area contributed by atoms with Crippen LogP contribution in [0.4, 0.5) is 5.69 Å². The highest BCUT2D eigenvalue weighted by atomic mass is 79.9. The molecule has 0 radical (unpaired) electrons. The van der Waals surface area contributed by atoms with Gasteiger partial charge >= 0.3 is 0 Å². The lowest BCUT2D eigenvalue weighted by atomic mass is 10.2. The number of benzene rings is 1. The number of aromatic nitrogens is 3. The first-order chi connectivity index (χ1) is 8.20. The number of anilines is 1. The van der Waals surface area contributed by atoms with Gasteiger partial charge in [-0.1, -0.05) is 0 Å². The van der Waals surface area contributed by atoms with Crippen LogP contribution in [0, 0.1) is 11.3 Å². The predicted molar refractivity (Wildman–Crippen MR) is 67.2 cm³/mol. The summed E-state index contributed by atoms with van der Waals surface area (Å²) in [5.41, 5.74) is 1.55.